The van der Waals surface area contributed by atoms with E-state index in [4.69, 9.17) is 0 Å². The van der Waals surface area contributed by atoms with Crippen LogP contribution in [0.3, 0.4) is 0 Å². The number of piperazine rings is 1. The van der Waals surface area contributed by atoms with E-state index in [0.717, 1.165) is 38.6 Å². The number of nitrogens with zero attached hydrogens (tertiary/aromatic N) is 3. The van der Waals surface area contributed by atoms with Crippen LogP contribution in [0.15, 0.2) is 24.3 Å². The highest BCUT2D eigenvalue weighted by Crippen LogP contribution is 2.30. The van der Waals surface area contributed by atoms with Gasteiger partial charge in [0, 0.05) is 45.7 Å². The SMILES string of the molecule is O=C(CCN1C(=O)c2ccccc2C1=O)N1CCN(CC2CC2)CC1. The molecule has 0 N–H and O–H groups in total. The summed E-state index contributed by atoms with van der Waals surface area (Å²) in [6.45, 7) is 4.66. The lowest BCUT2D eigenvalue weighted by Gasteiger charge is -2.35. The number of hydrogen-bond acceptors (Lipinski definition) is 4. The predicted molar refractivity (Wildman–Crippen MR) is 92.2 cm³/mol. The topological polar surface area (TPSA) is 60.9 Å². The largest absolute Gasteiger partial charge is 0.340 e. The minimum absolute atomic E-state index is 0.0302. The summed E-state index contributed by atoms with van der Waals surface area (Å²) in [5.74, 6) is 0.323. The zero-order chi connectivity index (χ0) is 17.4. The van der Waals surface area contributed by atoms with Crippen LogP contribution in [0.5, 0.6) is 0 Å². The Hall–Kier alpha value is -2.21. The molecule has 25 heavy (non-hydrogen) atoms. The molecule has 0 radical (unpaired) electrons. The van der Waals surface area contributed by atoms with Crippen LogP contribution < -0.4 is 0 Å². The highest BCUT2D eigenvalue weighted by molar-refractivity contribution is 6.21. The van der Waals surface area contributed by atoms with Crippen LogP contribution in [-0.2, 0) is 4.79 Å². The maximum Gasteiger partial charge on any atom is 0.261 e. The third-order valence-electron chi connectivity index (χ3n) is 5.37. The Bertz CT molecular complexity index is 671. The minimum Gasteiger partial charge on any atom is -0.340 e. The van der Waals surface area contributed by atoms with Crippen molar-refractivity contribution < 1.29 is 14.4 Å². The Kier molecular flexibility index (Phi) is 4.29. The number of amides is 3. The summed E-state index contributed by atoms with van der Waals surface area (Å²) in [6.07, 6.45) is 2.90. The lowest BCUT2D eigenvalue weighted by Crippen LogP contribution is -2.49. The number of rotatable bonds is 5. The number of hydrogen-bond donors (Lipinski definition) is 0. The van der Waals surface area contributed by atoms with E-state index in [1.807, 2.05) is 4.90 Å². The third-order valence-corrected chi connectivity index (χ3v) is 5.37. The first kappa shape index (κ1) is 16.3. The molecule has 0 spiro atoms. The second kappa shape index (κ2) is 6.59. The average molecular weight is 341 g/mol. The number of carbonyl (C=O) groups excluding carboxylic acids is 3. The molecule has 2 heterocycles. The molecular formula is C19H23N3O3. The Morgan fingerprint density at radius 3 is 2.12 bits per heavy atom. The molecule has 3 aliphatic rings. The van der Waals surface area contributed by atoms with Gasteiger partial charge in [0.25, 0.3) is 11.8 Å². The van der Waals surface area contributed by atoms with Gasteiger partial charge in [-0.25, -0.2) is 0 Å². The van der Waals surface area contributed by atoms with Gasteiger partial charge in [0.15, 0.2) is 0 Å². The molecule has 1 saturated carbocycles. The molecule has 1 aliphatic carbocycles. The summed E-state index contributed by atoms with van der Waals surface area (Å²) < 4.78 is 0. The van der Waals surface area contributed by atoms with E-state index >= 15 is 0 Å². The molecule has 0 bridgehead atoms. The van der Waals surface area contributed by atoms with Crippen LogP contribution >= 0.6 is 0 Å². The Morgan fingerprint density at radius 2 is 1.56 bits per heavy atom. The highest BCUT2D eigenvalue weighted by atomic mass is 16.2. The summed E-state index contributed by atoms with van der Waals surface area (Å²) in [6, 6.07) is 6.83. The fourth-order valence-electron chi connectivity index (χ4n) is 3.65. The lowest BCUT2D eigenvalue weighted by molar-refractivity contribution is -0.133. The van der Waals surface area contributed by atoms with Crippen molar-refractivity contribution in [2.75, 3.05) is 39.3 Å². The first-order chi connectivity index (χ1) is 12.1. The van der Waals surface area contributed by atoms with Gasteiger partial charge >= 0.3 is 0 Å². The molecule has 1 aromatic carbocycles. The summed E-state index contributed by atoms with van der Waals surface area (Å²) in [4.78, 5) is 42.6. The highest BCUT2D eigenvalue weighted by Gasteiger charge is 2.35. The van der Waals surface area contributed by atoms with E-state index in [1.54, 1.807) is 24.3 Å². The van der Waals surface area contributed by atoms with Crippen molar-refractivity contribution in [3.05, 3.63) is 35.4 Å². The molecule has 2 fully saturated rings. The van der Waals surface area contributed by atoms with E-state index in [2.05, 4.69) is 4.90 Å². The van der Waals surface area contributed by atoms with Gasteiger partial charge in [0.1, 0.15) is 0 Å². The van der Waals surface area contributed by atoms with Crippen LogP contribution in [0, 0.1) is 5.92 Å². The van der Waals surface area contributed by atoms with Gasteiger partial charge in [-0.3, -0.25) is 24.2 Å². The minimum atomic E-state index is -0.289. The van der Waals surface area contributed by atoms with Crippen molar-refractivity contribution in [3.63, 3.8) is 0 Å². The Labute approximate surface area is 147 Å². The molecule has 132 valence electrons. The molecule has 2 aliphatic heterocycles. The van der Waals surface area contributed by atoms with Gasteiger partial charge in [0.05, 0.1) is 11.1 Å². The second-order valence-electron chi connectivity index (χ2n) is 7.18. The van der Waals surface area contributed by atoms with Crippen LogP contribution in [0.25, 0.3) is 0 Å². The molecule has 0 atom stereocenters. The summed E-state index contributed by atoms with van der Waals surface area (Å²) in [7, 11) is 0. The van der Waals surface area contributed by atoms with Gasteiger partial charge in [-0.15, -0.1) is 0 Å². The third kappa shape index (κ3) is 3.31. The fraction of sp³-hybridized carbons (Fsp3) is 0.526. The molecule has 6 nitrogen and oxygen atoms in total. The number of benzene rings is 1. The van der Waals surface area contributed by atoms with Crippen LogP contribution in [0.2, 0.25) is 0 Å². The van der Waals surface area contributed by atoms with E-state index in [1.165, 1.54) is 17.7 Å². The molecule has 0 unspecified atom stereocenters. The fourth-order valence-corrected chi connectivity index (χ4v) is 3.65. The van der Waals surface area contributed by atoms with Crippen molar-refractivity contribution in [3.8, 4) is 0 Å². The molecule has 6 heteroatoms. The summed E-state index contributed by atoms with van der Waals surface area (Å²) in [5.41, 5.74) is 0.877. The predicted octanol–water partition coefficient (Wildman–Crippen LogP) is 1.23. The van der Waals surface area contributed by atoms with Crippen LogP contribution in [0.1, 0.15) is 40.0 Å². The second-order valence-corrected chi connectivity index (χ2v) is 7.18. The van der Waals surface area contributed by atoms with E-state index in [0.29, 0.717) is 11.1 Å². The van der Waals surface area contributed by atoms with Gasteiger partial charge < -0.3 is 4.90 Å². The Morgan fingerprint density at radius 1 is 0.960 bits per heavy atom. The summed E-state index contributed by atoms with van der Waals surface area (Å²) in [5, 5.41) is 0. The molecule has 4 rings (SSSR count). The number of fused-ring (bicyclic) bond motifs is 1. The standard InChI is InChI=1S/C19H23N3O3/c23-17(21-11-9-20(10-12-21)13-14-5-6-14)7-8-22-18(24)15-3-1-2-4-16(15)19(22)25/h1-4,14H,5-13H2. The van der Waals surface area contributed by atoms with Crippen molar-refractivity contribution in [2.45, 2.75) is 19.3 Å². The normalized spacial score (nSPS) is 21.0. The Balaban J connectivity index is 1.28. The molecule has 0 aromatic heterocycles. The first-order valence-electron chi connectivity index (χ1n) is 9.09. The smallest absolute Gasteiger partial charge is 0.261 e. The quantitative estimate of drug-likeness (QED) is 0.756. The van der Waals surface area contributed by atoms with Crippen molar-refractivity contribution in [2.24, 2.45) is 5.92 Å². The van der Waals surface area contributed by atoms with Gasteiger partial charge in [-0.1, -0.05) is 12.1 Å². The molecular weight excluding hydrogens is 318 g/mol. The maximum atomic E-state index is 12.4. The number of carbonyl (C=O) groups is 3. The monoisotopic (exact) mass is 341 g/mol. The van der Waals surface area contributed by atoms with Crippen LogP contribution in [-0.4, -0.2) is 71.7 Å². The molecule has 1 aromatic rings. The lowest BCUT2D eigenvalue weighted by atomic mass is 10.1. The van der Waals surface area contributed by atoms with Gasteiger partial charge in [-0.05, 0) is 30.9 Å². The van der Waals surface area contributed by atoms with Gasteiger partial charge in [-0.2, -0.15) is 0 Å². The van der Waals surface area contributed by atoms with Crippen LogP contribution in [0.4, 0.5) is 0 Å². The molecule has 1 saturated heterocycles. The zero-order valence-corrected chi connectivity index (χ0v) is 14.3. The number of imide groups is 1. The van der Waals surface area contributed by atoms with Crippen molar-refractivity contribution in [1.82, 2.24) is 14.7 Å². The zero-order valence-electron chi connectivity index (χ0n) is 14.3. The van der Waals surface area contributed by atoms with E-state index in [9.17, 15) is 14.4 Å². The molecule has 3 amide bonds. The van der Waals surface area contributed by atoms with E-state index < -0.39 is 0 Å². The summed E-state index contributed by atoms with van der Waals surface area (Å²) >= 11 is 0. The average Bonchev–Trinajstić information content (AvgIpc) is 3.42. The maximum absolute atomic E-state index is 12.4. The van der Waals surface area contributed by atoms with E-state index in [-0.39, 0.29) is 30.7 Å². The van der Waals surface area contributed by atoms with Gasteiger partial charge in [0.2, 0.25) is 5.91 Å². The van der Waals surface area contributed by atoms with Crippen molar-refractivity contribution in [1.29, 1.82) is 0 Å². The van der Waals surface area contributed by atoms with Crippen molar-refractivity contribution >= 4 is 17.7 Å². The first-order valence-corrected chi connectivity index (χ1v) is 9.09.